The zero-order valence-electron chi connectivity index (χ0n) is 17.9. The van der Waals surface area contributed by atoms with Crippen molar-refractivity contribution in [2.24, 2.45) is 4.99 Å². The van der Waals surface area contributed by atoms with E-state index in [-0.39, 0.29) is 5.91 Å². The zero-order valence-corrected chi connectivity index (χ0v) is 17.9. The number of aromatic nitrogens is 2. The highest BCUT2D eigenvalue weighted by Gasteiger charge is 2.11. The molecule has 1 amide bonds. The maximum Gasteiger partial charge on any atom is 0.287 e. The number of furan rings is 1. The Kier molecular flexibility index (Phi) is 7.48. The summed E-state index contributed by atoms with van der Waals surface area (Å²) >= 11 is 0. The van der Waals surface area contributed by atoms with Gasteiger partial charge in [0.1, 0.15) is 5.82 Å². The van der Waals surface area contributed by atoms with Crippen LogP contribution >= 0.6 is 0 Å². The van der Waals surface area contributed by atoms with E-state index < -0.39 is 0 Å². The topological polar surface area (TPSA) is 96.5 Å². The van der Waals surface area contributed by atoms with Crippen molar-refractivity contribution in [3.63, 3.8) is 0 Å². The number of nitrogens with zero attached hydrogens (tertiary/aromatic N) is 3. The molecule has 0 aliphatic heterocycles. The average Bonchev–Trinajstić information content (AvgIpc) is 3.31. The summed E-state index contributed by atoms with van der Waals surface area (Å²) in [6.45, 7) is 6.87. The third-order valence-electron chi connectivity index (χ3n) is 4.92. The number of para-hydroxylation sites is 2. The molecule has 0 aliphatic carbocycles. The van der Waals surface area contributed by atoms with Gasteiger partial charge >= 0.3 is 0 Å². The molecule has 0 spiro atoms. The van der Waals surface area contributed by atoms with Gasteiger partial charge in [0, 0.05) is 38.8 Å². The predicted octanol–water partition coefficient (Wildman–Crippen LogP) is 2.62. The van der Waals surface area contributed by atoms with Crippen LogP contribution in [0.3, 0.4) is 0 Å². The second kappa shape index (κ2) is 10.5. The second-order valence-corrected chi connectivity index (χ2v) is 7.12. The minimum atomic E-state index is -0.178. The van der Waals surface area contributed by atoms with Gasteiger partial charge < -0.3 is 24.9 Å². The van der Waals surface area contributed by atoms with E-state index in [4.69, 9.17) is 4.42 Å². The van der Waals surface area contributed by atoms with Crippen LogP contribution in [0.25, 0.3) is 11.0 Å². The molecule has 0 unspecified atom stereocenters. The first-order valence-corrected chi connectivity index (χ1v) is 10.3. The van der Waals surface area contributed by atoms with Gasteiger partial charge in [0.2, 0.25) is 0 Å². The van der Waals surface area contributed by atoms with Crippen LogP contribution in [-0.2, 0) is 6.54 Å². The van der Waals surface area contributed by atoms with Crippen LogP contribution in [-0.4, -0.2) is 48.1 Å². The third-order valence-corrected chi connectivity index (χ3v) is 4.92. The van der Waals surface area contributed by atoms with Crippen molar-refractivity contribution in [3.05, 3.63) is 53.7 Å². The number of aliphatic imine (C=N–C) groups is 1. The lowest BCUT2D eigenvalue weighted by Gasteiger charge is -2.13. The number of benzene rings is 1. The van der Waals surface area contributed by atoms with Gasteiger partial charge in [0.05, 0.1) is 17.3 Å². The van der Waals surface area contributed by atoms with E-state index in [0.29, 0.717) is 18.8 Å². The molecule has 3 aromatic rings. The summed E-state index contributed by atoms with van der Waals surface area (Å²) in [6, 6.07) is 9.99. The zero-order chi connectivity index (χ0) is 21.3. The van der Waals surface area contributed by atoms with Gasteiger partial charge in [0.15, 0.2) is 11.7 Å². The number of amides is 1. The van der Waals surface area contributed by atoms with Gasteiger partial charge in [-0.15, -0.1) is 0 Å². The summed E-state index contributed by atoms with van der Waals surface area (Å²) in [5, 5.41) is 9.46. The number of guanidine groups is 1. The van der Waals surface area contributed by atoms with Gasteiger partial charge in [-0.2, -0.15) is 0 Å². The van der Waals surface area contributed by atoms with Gasteiger partial charge in [0.25, 0.3) is 5.91 Å². The monoisotopic (exact) mass is 410 g/mol. The number of carbonyl (C=O) groups is 1. The molecule has 0 radical (unpaired) electrons. The minimum absolute atomic E-state index is 0.178. The summed E-state index contributed by atoms with van der Waals surface area (Å²) in [6.07, 6.45) is 3.27. The lowest BCUT2D eigenvalue weighted by molar-refractivity contribution is 0.0925. The normalized spacial score (nSPS) is 11.6. The minimum Gasteiger partial charge on any atom is -0.459 e. The molecule has 0 atom stereocenters. The Morgan fingerprint density at radius 3 is 2.53 bits per heavy atom. The molecule has 8 heteroatoms. The number of nitrogens with one attached hydrogen (secondary N) is 3. The summed E-state index contributed by atoms with van der Waals surface area (Å²) < 4.78 is 7.44. The maximum absolute atomic E-state index is 12.0. The molecule has 3 N–H and O–H groups in total. The van der Waals surface area contributed by atoms with E-state index in [0.717, 1.165) is 48.8 Å². The average molecular weight is 411 g/mol. The van der Waals surface area contributed by atoms with Gasteiger partial charge in [-0.1, -0.05) is 12.1 Å². The van der Waals surface area contributed by atoms with E-state index >= 15 is 0 Å². The van der Waals surface area contributed by atoms with Crippen molar-refractivity contribution in [1.29, 1.82) is 0 Å². The van der Waals surface area contributed by atoms with Crippen molar-refractivity contribution in [2.75, 3.05) is 26.7 Å². The third kappa shape index (κ3) is 5.40. The Morgan fingerprint density at radius 2 is 1.80 bits per heavy atom. The van der Waals surface area contributed by atoms with Crippen LogP contribution in [0.15, 0.2) is 46.0 Å². The molecule has 3 rings (SSSR count). The van der Waals surface area contributed by atoms with E-state index in [1.165, 1.54) is 11.8 Å². The lowest BCUT2D eigenvalue weighted by atomic mass is 10.2. The standard InChI is InChI=1S/C22H30N6O2/c1-16-10-15-30-20(16)21(29)24-11-6-12-25-22(23-3)26-13-7-14-28-17(2)27-18-8-4-5-9-19(18)28/h4-5,8-10,15H,6-7,11-14H2,1-3H3,(H,24,29)(H2,23,25,26). The Bertz CT molecular complexity index is 1000. The number of carbonyl (C=O) groups excluding carboxylic acids is 1. The molecular formula is C22H30N6O2. The molecular weight excluding hydrogens is 380 g/mol. The largest absolute Gasteiger partial charge is 0.459 e. The van der Waals surface area contributed by atoms with Crippen LogP contribution in [0, 0.1) is 13.8 Å². The highest BCUT2D eigenvalue weighted by Crippen LogP contribution is 2.15. The molecule has 2 heterocycles. The molecule has 0 bridgehead atoms. The molecule has 0 fully saturated rings. The smallest absolute Gasteiger partial charge is 0.287 e. The summed E-state index contributed by atoms with van der Waals surface area (Å²) in [5.41, 5.74) is 3.05. The number of aryl methyl sites for hydroxylation is 3. The first-order chi connectivity index (χ1) is 14.6. The van der Waals surface area contributed by atoms with Crippen molar-refractivity contribution in [3.8, 4) is 0 Å². The highest BCUT2D eigenvalue weighted by molar-refractivity contribution is 5.92. The number of rotatable bonds is 9. The summed E-state index contributed by atoms with van der Waals surface area (Å²) in [7, 11) is 1.75. The first kappa shape index (κ1) is 21.4. The van der Waals surface area contributed by atoms with Crippen LogP contribution in [0.4, 0.5) is 0 Å². The number of imidazole rings is 1. The lowest BCUT2D eigenvalue weighted by Crippen LogP contribution is -2.39. The molecule has 0 saturated carbocycles. The number of fused-ring (bicyclic) bond motifs is 1. The molecule has 8 nitrogen and oxygen atoms in total. The molecule has 30 heavy (non-hydrogen) atoms. The van der Waals surface area contributed by atoms with Crippen molar-refractivity contribution < 1.29 is 9.21 Å². The molecule has 0 aliphatic rings. The Labute approximate surface area is 176 Å². The Hall–Kier alpha value is -3.29. The fourth-order valence-electron chi connectivity index (χ4n) is 3.33. The molecule has 2 aromatic heterocycles. The maximum atomic E-state index is 12.0. The number of hydrogen-bond donors (Lipinski definition) is 3. The van der Waals surface area contributed by atoms with Gasteiger partial charge in [-0.3, -0.25) is 9.79 Å². The predicted molar refractivity (Wildman–Crippen MR) is 119 cm³/mol. The van der Waals surface area contributed by atoms with Crippen LogP contribution in [0.2, 0.25) is 0 Å². The molecule has 0 saturated heterocycles. The van der Waals surface area contributed by atoms with Crippen LogP contribution in [0.5, 0.6) is 0 Å². The van der Waals surface area contributed by atoms with E-state index in [2.05, 4.69) is 36.6 Å². The molecule has 160 valence electrons. The van der Waals surface area contributed by atoms with E-state index in [1.807, 2.05) is 32.0 Å². The van der Waals surface area contributed by atoms with Crippen molar-refractivity contribution >= 4 is 22.9 Å². The number of hydrogen-bond acceptors (Lipinski definition) is 4. The molecule has 1 aromatic carbocycles. The SMILES string of the molecule is CN=C(NCCCNC(=O)c1occc1C)NCCCn1c(C)nc2ccccc21. The Balaban J connectivity index is 1.32. The Morgan fingerprint density at radius 1 is 1.07 bits per heavy atom. The fraction of sp³-hybridized carbons (Fsp3) is 0.409. The summed E-state index contributed by atoms with van der Waals surface area (Å²) in [5.74, 6) is 1.99. The van der Waals surface area contributed by atoms with Crippen LogP contribution in [0.1, 0.15) is 34.8 Å². The first-order valence-electron chi connectivity index (χ1n) is 10.3. The second-order valence-electron chi connectivity index (χ2n) is 7.12. The van der Waals surface area contributed by atoms with Gasteiger partial charge in [-0.05, 0) is 44.9 Å². The van der Waals surface area contributed by atoms with Crippen molar-refractivity contribution in [1.82, 2.24) is 25.5 Å². The highest BCUT2D eigenvalue weighted by atomic mass is 16.3. The fourth-order valence-corrected chi connectivity index (χ4v) is 3.33. The van der Waals surface area contributed by atoms with E-state index in [9.17, 15) is 4.79 Å². The van der Waals surface area contributed by atoms with Crippen molar-refractivity contribution in [2.45, 2.75) is 33.2 Å². The summed E-state index contributed by atoms with van der Waals surface area (Å²) in [4.78, 5) is 20.8. The van der Waals surface area contributed by atoms with E-state index in [1.54, 1.807) is 13.1 Å². The van der Waals surface area contributed by atoms with Crippen LogP contribution < -0.4 is 16.0 Å². The van der Waals surface area contributed by atoms with Gasteiger partial charge in [-0.25, -0.2) is 4.98 Å². The quantitative estimate of drug-likeness (QED) is 0.286.